The molecule has 0 amide bonds. The highest BCUT2D eigenvalue weighted by Crippen LogP contribution is 2.34. The summed E-state index contributed by atoms with van der Waals surface area (Å²) in [5.74, 6) is -1.35. The highest BCUT2D eigenvalue weighted by molar-refractivity contribution is 7.89. The molecule has 0 spiro atoms. The lowest BCUT2D eigenvalue weighted by Gasteiger charge is -2.38. The third-order valence-corrected chi connectivity index (χ3v) is 5.62. The van der Waals surface area contributed by atoms with Crippen LogP contribution < -0.4 is 0 Å². The van der Waals surface area contributed by atoms with Gasteiger partial charge in [-0.3, -0.25) is 4.79 Å². The number of carbonyl (C=O) groups is 1. The van der Waals surface area contributed by atoms with Gasteiger partial charge in [0.2, 0.25) is 10.0 Å². The third-order valence-electron chi connectivity index (χ3n) is 3.75. The van der Waals surface area contributed by atoms with Crippen molar-refractivity contribution in [3.8, 4) is 0 Å². The van der Waals surface area contributed by atoms with Crippen molar-refractivity contribution in [1.82, 2.24) is 4.31 Å². The lowest BCUT2D eigenvalue weighted by molar-refractivity contribution is -0.136. The Bertz CT molecular complexity index is 369. The maximum absolute atomic E-state index is 11.9. The van der Waals surface area contributed by atoms with Gasteiger partial charge in [-0.1, -0.05) is 20.3 Å². The average Bonchev–Trinajstić information content (AvgIpc) is 2.27. The summed E-state index contributed by atoms with van der Waals surface area (Å²) in [7, 11) is -3.38. The molecule has 1 aliphatic rings. The summed E-state index contributed by atoms with van der Waals surface area (Å²) in [6, 6.07) is 0. The predicted octanol–water partition coefficient (Wildman–Crippen LogP) is 1.30. The maximum atomic E-state index is 11.9. The summed E-state index contributed by atoms with van der Waals surface area (Å²) >= 11 is 0. The topological polar surface area (TPSA) is 74.7 Å². The van der Waals surface area contributed by atoms with E-state index in [4.69, 9.17) is 5.11 Å². The zero-order valence-electron chi connectivity index (χ0n) is 10.5. The van der Waals surface area contributed by atoms with Crippen LogP contribution in [-0.2, 0) is 14.8 Å². The van der Waals surface area contributed by atoms with Crippen molar-refractivity contribution in [3.05, 3.63) is 0 Å². The van der Waals surface area contributed by atoms with Crippen LogP contribution in [0.5, 0.6) is 0 Å². The molecule has 0 saturated carbocycles. The summed E-state index contributed by atoms with van der Waals surface area (Å²) in [5.41, 5.74) is 0.235. The molecular formula is C11H21NO4S. The molecule has 1 aliphatic heterocycles. The molecule has 1 heterocycles. The standard InChI is InChI=1S/C11H21NO4S/c1-3-11(2)5-7-12(8-6-11)17(15,16)9-4-10(13)14/h3-9H2,1-2H3,(H,13,14). The average molecular weight is 263 g/mol. The number of rotatable bonds is 5. The van der Waals surface area contributed by atoms with Crippen LogP contribution in [0.1, 0.15) is 39.5 Å². The molecule has 17 heavy (non-hydrogen) atoms. The highest BCUT2D eigenvalue weighted by atomic mass is 32.2. The summed E-state index contributed by atoms with van der Waals surface area (Å²) < 4.78 is 25.1. The van der Waals surface area contributed by atoms with Crippen LogP contribution in [0.25, 0.3) is 0 Å². The van der Waals surface area contributed by atoms with E-state index in [0.29, 0.717) is 13.1 Å². The summed E-state index contributed by atoms with van der Waals surface area (Å²) in [4.78, 5) is 10.4. The molecule has 0 radical (unpaired) electrons. The van der Waals surface area contributed by atoms with Gasteiger partial charge in [-0.15, -0.1) is 0 Å². The molecule has 0 aromatic heterocycles. The van der Waals surface area contributed by atoms with Crippen LogP contribution in [0, 0.1) is 5.41 Å². The van der Waals surface area contributed by atoms with Crippen molar-refractivity contribution in [1.29, 1.82) is 0 Å². The Balaban J connectivity index is 2.56. The van der Waals surface area contributed by atoms with Crippen molar-refractivity contribution in [2.45, 2.75) is 39.5 Å². The van der Waals surface area contributed by atoms with E-state index in [1.807, 2.05) is 0 Å². The van der Waals surface area contributed by atoms with Crippen LogP contribution >= 0.6 is 0 Å². The number of nitrogens with zero attached hydrogens (tertiary/aromatic N) is 1. The highest BCUT2D eigenvalue weighted by Gasteiger charge is 2.33. The minimum absolute atomic E-state index is 0.235. The summed E-state index contributed by atoms with van der Waals surface area (Å²) in [6.07, 6.45) is 2.45. The van der Waals surface area contributed by atoms with Crippen LogP contribution in [-0.4, -0.2) is 42.6 Å². The number of hydrogen-bond donors (Lipinski definition) is 1. The van der Waals surface area contributed by atoms with Crippen LogP contribution in [0.3, 0.4) is 0 Å². The lowest BCUT2D eigenvalue weighted by atomic mass is 9.79. The third kappa shape index (κ3) is 3.96. The molecule has 0 aromatic carbocycles. The zero-order valence-corrected chi connectivity index (χ0v) is 11.3. The van der Waals surface area contributed by atoms with Gasteiger partial charge >= 0.3 is 5.97 Å². The molecule has 0 atom stereocenters. The molecule has 0 aromatic rings. The first-order valence-electron chi connectivity index (χ1n) is 5.99. The van der Waals surface area contributed by atoms with E-state index in [1.54, 1.807) is 0 Å². The van der Waals surface area contributed by atoms with Crippen LogP contribution in [0.15, 0.2) is 0 Å². The van der Waals surface area contributed by atoms with Gasteiger partial charge in [0, 0.05) is 13.1 Å². The minimum Gasteiger partial charge on any atom is -0.481 e. The van der Waals surface area contributed by atoms with Gasteiger partial charge < -0.3 is 5.11 Å². The van der Waals surface area contributed by atoms with Gasteiger partial charge in [-0.25, -0.2) is 12.7 Å². The Kier molecular flexibility index (Phi) is 4.55. The molecule has 1 saturated heterocycles. The molecule has 5 nitrogen and oxygen atoms in total. The second kappa shape index (κ2) is 5.35. The number of sulfonamides is 1. The molecule has 1 N–H and O–H groups in total. The molecular weight excluding hydrogens is 242 g/mol. The molecule has 1 rings (SSSR count). The Labute approximate surface area is 103 Å². The Morgan fingerprint density at radius 2 is 1.88 bits per heavy atom. The lowest BCUT2D eigenvalue weighted by Crippen LogP contribution is -2.43. The molecule has 100 valence electrons. The molecule has 0 aliphatic carbocycles. The van der Waals surface area contributed by atoms with Crippen LogP contribution in [0.2, 0.25) is 0 Å². The molecule has 0 unspecified atom stereocenters. The van der Waals surface area contributed by atoms with Gasteiger partial charge in [0.05, 0.1) is 12.2 Å². The van der Waals surface area contributed by atoms with E-state index in [1.165, 1.54) is 4.31 Å². The van der Waals surface area contributed by atoms with Gasteiger partial charge in [0.25, 0.3) is 0 Å². The number of aliphatic carboxylic acids is 1. The van der Waals surface area contributed by atoms with Crippen molar-refractivity contribution in [2.75, 3.05) is 18.8 Å². The first kappa shape index (κ1) is 14.4. The van der Waals surface area contributed by atoms with Crippen molar-refractivity contribution in [2.24, 2.45) is 5.41 Å². The first-order chi connectivity index (χ1) is 7.79. The van der Waals surface area contributed by atoms with Crippen molar-refractivity contribution < 1.29 is 18.3 Å². The van der Waals surface area contributed by atoms with E-state index >= 15 is 0 Å². The Morgan fingerprint density at radius 3 is 2.29 bits per heavy atom. The van der Waals surface area contributed by atoms with Crippen molar-refractivity contribution >= 4 is 16.0 Å². The van der Waals surface area contributed by atoms with Gasteiger partial charge in [0.15, 0.2) is 0 Å². The van der Waals surface area contributed by atoms with E-state index in [-0.39, 0.29) is 17.6 Å². The number of piperidine rings is 1. The molecule has 1 fully saturated rings. The van der Waals surface area contributed by atoms with Gasteiger partial charge in [0.1, 0.15) is 0 Å². The largest absolute Gasteiger partial charge is 0.481 e. The zero-order chi connectivity index (χ0) is 13.1. The van der Waals surface area contributed by atoms with E-state index < -0.39 is 16.0 Å². The smallest absolute Gasteiger partial charge is 0.304 e. The second-order valence-electron chi connectivity index (χ2n) is 5.02. The number of carboxylic acids is 1. The summed E-state index contributed by atoms with van der Waals surface area (Å²) in [6.45, 7) is 5.33. The fourth-order valence-corrected chi connectivity index (χ4v) is 3.43. The van der Waals surface area contributed by atoms with Crippen molar-refractivity contribution in [3.63, 3.8) is 0 Å². The predicted molar refractivity (Wildman–Crippen MR) is 65.2 cm³/mol. The monoisotopic (exact) mass is 263 g/mol. The Morgan fingerprint density at radius 1 is 1.35 bits per heavy atom. The van der Waals surface area contributed by atoms with Gasteiger partial charge in [-0.2, -0.15) is 0 Å². The Hall–Kier alpha value is -0.620. The van der Waals surface area contributed by atoms with Gasteiger partial charge in [-0.05, 0) is 18.3 Å². The van der Waals surface area contributed by atoms with Crippen LogP contribution in [0.4, 0.5) is 0 Å². The minimum atomic E-state index is -3.38. The molecule has 6 heteroatoms. The second-order valence-corrected chi connectivity index (χ2v) is 7.11. The summed E-state index contributed by atoms with van der Waals surface area (Å²) in [5, 5.41) is 8.51. The van der Waals surface area contributed by atoms with E-state index in [0.717, 1.165) is 19.3 Å². The maximum Gasteiger partial charge on any atom is 0.304 e. The number of hydrogen-bond acceptors (Lipinski definition) is 3. The van der Waals surface area contributed by atoms with E-state index in [9.17, 15) is 13.2 Å². The first-order valence-corrected chi connectivity index (χ1v) is 7.60. The SMILES string of the molecule is CCC1(C)CCN(S(=O)(=O)CCC(=O)O)CC1. The fourth-order valence-electron chi connectivity index (χ4n) is 2.00. The quantitative estimate of drug-likeness (QED) is 0.811. The number of carboxylic acid groups (broad SMARTS) is 1. The molecule has 0 bridgehead atoms. The normalized spacial score (nSPS) is 21.3. The van der Waals surface area contributed by atoms with E-state index in [2.05, 4.69) is 13.8 Å². The fraction of sp³-hybridized carbons (Fsp3) is 0.909.